The van der Waals surface area contributed by atoms with Gasteiger partial charge in [-0.05, 0) is 47.2 Å². The summed E-state index contributed by atoms with van der Waals surface area (Å²) in [7, 11) is 0. The van der Waals surface area contributed by atoms with Gasteiger partial charge in [0, 0.05) is 50.1 Å². The number of aliphatic hydroxyl groups is 1. The SMILES string of the molecule is O=C(O)CCCCCC(=O)Nc1cccc([C@H]2O[C@@H](CN(Cc3ccccc3)Cc3ccccc3)C[C@@H](c3ccc(CO)cc3)O2)c1. The molecule has 1 saturated heterocycles. The van der Waals surface area contributed by atoms with Crippen molar-refractivity contribution < 1.29 is 29.3 Å². The van der Waals surface area contributed by atoms with E-state index >= 15 is 0 Å². The Morgan fingerprint density at radius 3 is 2.02 bits per heavy atom. The summed E-state index contributed by atoms with van der Waals surface area (Å²) in [6.07, 6.45) is 1.96. The molecular weight excluding hydrogens is 592 g/mol. The Balaban J connectivity index is 1.32. The monoisotopic (exact) mass is 636 g/mol. The predicted octanol–water partition coefficient (Wildman–Crippen LogP) is 7.40. The lowest BCUT2D eigenvalue weighted by Gasteiger charge is -2.38. The fourth-order valence-corrected chi connectivity index (χ4v) is 5.91. The van der Waals surface area contributed by atoms with Crippen molar-refractivity contribution >= 4 is 17.6 Å². The molecule has 0 aromatic heterocycles. The molecule has 8 heteroatoms. The highest BCUT2D eigenvalue weighted by molar-refractivity contribution is 5.90. The normalized spacial score (nSPS) is 17.8. The van der Waals surface area contributed by atoms with Crippen molar-refractivity contribution in [3.05, 3.63) is 137 Å². The molecule has 246 valence electrons. The minimum atomic E-state index is -0.815. The predicted molar refractivity (Wildman–Crippen MR) is 181 cm³/mol. The van der Waals surface area contributed by atoms with Crippen LogP contribution in [0.3, 0.4) is 0 Å². The van der Waals surface area contributed by atoms with Crippen molar-refractivity contribution in [3.8, 4) is 0 Å². The number of carbonyl (C=O) groups excluding carboxylic acids is 1. The number of carboxylic acid groups (broad SMARTS) is 1. The molecule has 0 spiro atoms. The van der Waals surface area contributed by atoms with Crippen molar-refractivity contribution in [2.75, 3.05) is 11.9 Å². The number of rotatable bonds is 16. The van der Waals surface area contributed by atoms with Gasteiger partial charge in [0.25, 0.3) is 0 Å². The largest absolute Gasteiger partial charge is 0.481 e. The van der Waals surface area contributed by atoms with Crippen molar-refractivity contribution in [3.63, 3.8) is 0 Å². The highest BCUT2D eigenvalue weighted by atomic mass is 16.7. The lowest BCUT2D eigenvalue weighted by atomic mass is 9.99. The number of ether oxygens (including phenoxy) is 2. The maximum absolute atomic E-state index is 12.6. The van der Waals surface area contributed by atoms with Crippen molar-refractivity contribution in [1.82, 2.24) is 4.90 Å². The zero-order valence-corrected chi connectivity index (χ0v) is 26.7. The molecule has 1 amide bonds. The number of amides is 1. The standard InChI is InChI=1S/C39H44N2O6/c42-28-31-19-21-32(22-20-31)36-24-35(27-41(25-29-11-4-1-5-12-29)26-30-13-6-2-7-14-30)46-39(47-36)33-15-10-16-34(23-33)40-37(43)17-8-3-9-18-38(44)45/h1-2,4-7,10-16,19-23,35-36,39,42H,3,8-9,17-18,24-28H2,(H,40,43)(H,44,45)/t35-,36+,39+/m1/s1. The molecule has 0 saturated carbocycles. The van der Waals surface area contributed by atoms with Crippen LogP contribution < -0.4 is 5.32 Å². The quantitative estimate of drug-likeness (QED) is 0.110. The highest BCUT2D eigenvalue weighted by Crippen LogP contribution is 2.39. The van der Waals surface area contributed by atoms with Crippen LogP contribution in [0.5, 0.6) is 0 Å². The minimum Gasteiger partial charge on any atom is -0.481 e. The molecule has 0 aliphatic carbocycles. The first-order valence-electron chi connectivity index (χ1n) is 16.4. The summed E-state index contributed by atoms with van der Waals surface area (Å²) >= 11 is 0. The van der Waals surface area contributed by atoms with E-state index in [1.165, 1.54) is 11.1 Å². The molecule has 8 nitrogen and oxygen atoms in total. The van der Waals surface area contributed by atoms with E-state index in [0.717, 1.165) is 29.8 Å². The lowest BCUT2D eigenvalue weighted by Crippen LogP contribution is -2.39. The molecule has 3 N–H and O–H groups in total. The van der Waals surface area contributed by atoms with Crippen LogP contribution in [0.2, 0.25) is 0 Å². The maximum Gasteiger partial charge on any atom is 0.303 e. The summed E-state index contributed by atoms with van der Waals surface area (Å²) in [4.78, 5) is 25.8. The number of benzene rings is 4. The Hall–Kier alpha value is -4.34. The van der Waals surface area contributed by atoms with Gasteiger partial charge in [-0.1, -0.05) is 103 Å². The smallest absolute Gasteiger partial charge is 0.303 e. The third-order valence-corrected chi connectivity index (χ3v) is 8.31. The van der Waals surface area contributed by atoms with Crippen LogP contribution in [0, 0.1) is 0 Å². The highest BCUT2D eigenvalue weighted by Gasteiger charge is 2.33. The Morgan fingerprint density at radius 1 is 0.723 bits per heavy atom. The van der Waals surface area contributed by atoms with Gasteiger partial charge in [0.1, 0.15) is 0 Å². The van der Waals surface area contributed by atoms with Crippen LogP contribution in [0.15, 0.2) is 109 Å². The first kappa shape index (κ1) is 34.0. The van der Waals surface area contributed by atoms with Crippen LogP contribution in [0.4, 0.5) is 5.69 Å². The lowest BCUT2D eigenvalue weighted by molar-refractivity contribution is -0.253. The second-order valence-corrected chi connectivity index (χ2v) is 12.1. The van der Waals surface area contributed by atoms with E-state index in [4.69, 9.17) is 14.6 Å². The van der Waals surface area contributed by atoms with Gasteiger partial charge in [0.2, 0.25) is 5.91 Å². The van der Waals surface area contributed by atoms with Crippen LogP contribution in [0.25, 0.3) is 0 Å². The molecule has 0 radical (unpaired) electrons. The number of nitrogens with zero attached hydrogens (tertiary/aromatic N) is 1. The molecule has 5 rings (SSSR count). The van der Waals surface area contributed by atoms with E-state index < -0.39 is 12.3 Å². The molecule has 4 aromatic rings. The average molecular weight is 637 g/mol. The van der Waals surface area contributed by atoms with Gasteiger partial charge >= 0.3 is 5.97 Å². The summed E-state index contributed by atoms with van der Waals surface area (Å²) in [6, 6.07) is 36.3. The molecule has 0 unspecified atom stereocenters. The third kappa shape index (κ3) is 10.9. The van der Waals surface area contributed by atoms with Gasteiger partial charge in [-0.2, -0.15) is 0 Å². The Bertz CT molecular complexity index is 1510. The van der Waals surface area contributed by atoms with E-state index in [9.17, 15) is 14.7 Å². The molecule has 3 atom stereocenters. The van der Waals surface area contributed by atoms with Crippen LogP contribution in [-0.2, 0) is 38.8 Å². The van der Waals surface area contributed by atoms with E-state index in [1.807, 2.05) is 60.7 Å². The van der Waals surface area contributed by atoms with Gasteiger partial charge in [-0.15, -0.1) is 0 Å². The Labute approximate surface area is 277 Å². The number of aliphatic carboxylic acids is 1. The van der Waals surface area contributed by atoms with Crippen LogP contribution >= 0.6 is 0 Å². The molecule has 1 aliphatic heterocycles. The number of aliphatic hydroxyl groups excluding tert-OH is 1. The zero-order valence-electron chi connectivity index (χ0n) is 26.7. The Morgan fingerprint density at radius 2 is 1.38 bits per heavy atom. The summed E-state index contributed by atoms with van der Waals surface area (Å²) < 4.78 is 13.3. The summed E-state index contributed by atoms with van der Waals surface area (Å²) in [5.41, 5.74) is 5.79. The number of nitrogens with one attached hydrogen (secondary N) is 1. The minimum absolute atomic E-state index is 0.0189. The third-order valence-electron chi connectivity index (χ3n) is 8.31. The van der Waals surface area contributed by atoms with Crippen molar-refractivity contribution in [2.45, 2.75) is 76.7 Å². The Kier molecular flexibility index (Phi) is 12.7. The summed E-state index contributed by atoms with van der Waals surface area (Å²) in [5.74, 6) is -0.926. The van der Waals surface area contributed by atoms with Crippen LogP contribution in [-0.4, -0.2) is 39.6 Å². The number of carboxylic acids is 1. The average Bonchev–Trinajstić information content (AvgIpc) is 3.09. The van der Waals surface area contributed by atoms with E-state index in [-0.39, 0.29) is 31.1 Å². The molecule has 0 bridgehead atoms. The second-order valence-electron chi connectivity index (χ2n) is 12.1. The van der Waals surface area contributed by atoms with Gasteiger partial charge < -0.3 is 25.0 Å². The first-order chi connectivity index (χ1) is 22.9. The molecular formula is C39H44N2O6. The fraction of sp³-hybridized carbons (Fsp3) is 0.333. The second kappa shape index (κ2) is 17.5. The number of hydrogen-bond acceptors (Lipinski definition) is 6. The molecule has 4 aromatic carbocycles. The van der Waals surface area contributed by atoms with E-state index in [2.05, 4.69) is 58.7 Å². The first-order valence-corrected chi connectivity index (χ1v) is 16.4. The topological polar surface area (TPSA) is 108 Å². The van der Waals surface area contributed by atoms with Crippen molar-refractivity contribution in [1.29, 1.82) is 0 Å². The number of unbranched alkanes of at least 4 members (excludes halogenated alkanes) is 2. The van der Waals surface area contributed by atoms with Gasteiger partial charge in [0.05, 0.1) is 18.8 Å². The molecule has 1 fully saturated rings. The maximum atomic E-state index is 12.6. The van der Waals surface area contributed by atoms with E-state index in [0.29, 0.717) is 44.3 Å². The van der Waals surface area contributed by atoms with Crippen LogP contribution in [0.1, 0.15) is 78.7 Å². The number of anilines is 1. The fourth-order valence-electron chi connectivity index (χ4n) is 5.91. The van der Waals surface area contributed by atoms with Gasteiger partial charge in [0.15, 0.2) is 6.29 Å². The van der Waals surface area contributed by atoms with E-state index in [1.54, 1.807) is 0 Å². The van der Waals surface area contributed by atoms with Gasteiger partial charge in [-0.3, -0.25) is 14.5 Å². The zero-order chi connectivity index (χ0) is 32.8. The van der Waals surface area contributed by atoms with Crippen molar-refractivity contribution in [2.24, 2.45) is 0 Å². The number of carbonyl (C=O) groups is 2. The van der Waals surface area contributed by atoms with Gasteiger partial charge in [-0.25, -0.2) is 0 Å². The molecule has 1 heterocycles. The summed E-state index contributed by atoms with van der Waals surface area (Å²) in [5, 5.41) is 21.4. The summed E-state index contributed by atoms with van der Waals surface area (Å²) in [6.45, 7) is 2.21. The molecule has 47 heavy (non-hydrogen) atoms. The number of hydrogen-bond donors (Lipinski definition) is 3. The molecule has 1 aliphatic rings.